The molecule has 1 aromatic heterocycles. The molecule has 2 rings (SSSR count). The van der Waals surface area contributed by atoms with E-state index >= 15 is 0 Å². The van der Waals surface area contributed by atoms with Crippen LogP contribution in [-0.4, -0.2) is 18.1 Å². The monoisotopic (exact) mass is 295 g/mol. The van der Waals surface area contributed by atoms with Gasteiger partial charge in [-0.05, 0) is 24.3 Å². The van der Waals surface area contributed by atoms with Gasteiger partial charge in [0, 0.05) is 0 Å². The summed E-state index contributed by atoms with van der Waals surface area (Å²) in [6.07, 6.45) is 1.38. The second kappa shape index (κ2) is 5.75. The number of pyridine rings is 1. The second-order valence-corrected chi connectivity index (χ2v) is 4.31. The minimum absolute atomic E-state index is 0.160. The van der Waals surface area contributed by atoms with Crippen LogP contribution in [0.15, 0.2) is 30.5 Å². The van der Waals surface area contributed by atoms with Crippen molar-refractivity contribution < 1.29 is 13.9 Å². The topological polar surface area (TPSA) is 77.2 Å². The van der Waals surface area contributed by atoms with Gasteiger partial charge in [-0.15, -0.1) is 0 Å². The number of aromatic nitrogens is 1. The van der Waals surface area contributed by atoms with E-state index in [4.69, 9.17) is 17.3 Å². The summed E-state index contributed by atoms with van der Waals surface area (Å²) in [5.74, 6) is -0.830. The summed E-state index contributed by atoms with van der Waals surface area (Å²) < 4.78 is 17.6. The van der Waals surface area contributed by atoms with Gasteiger partial charge in [0.2, 0.25) is 0 Å². The maximum Gasteiger partial charge on any atom is 0.341 e. The van der Waals surface area contributed by atoms with Crippen molar-refractivity contribution in [1.29, 1.82) is 0 Å². The average molecular weight is 296 g/mol. The lowest BCUT2D eigenvalue weighted by Gasteiger charge is -2.11. The molecule has 0 bridgehead atoms. The predicted molar refractivity (Wildman–Crippen MR) is 74.7 cm³/mol. The van der Waals surface area contributed by atoms with E-state index in [9.17, 15) is 9.18 Å². The largest absolute Gasteiger partial charge is 0.465 e. The van der Waals surface area contributed by atoms with Gasteiger partial charge in [0.1, 0.15) is 17.2 Å². The van der Waals surface area contributed by atoms with Crippen molar-refractivity contribution >= 4 is 34.8 Å². The van der Waals surface area contributed by atoms with Crippen molar-refractivity contribution in [2.45, 2.75) is 0 Å². The number of hydrogen-bond donors (Lipinski definition) is 2. The van der Waals surface area contributed by atoms with E-state index in [0.717, 1.165) is 6.07 Å². The smallest absolute Gasteiger partial charge is 0.341 e. The van der Waals surface area contributed by atoms with Gasteiger partial charge in [-0.25, -0.2) is 14.2 Å². The van der Waals surface area contributed by atoms with Gasteiger partial charge < -0.3 is 15.8 Å². The van der Waals surface area contributed by atoms with Crippen LogP contribution >= 0.6 is 11.6 Å². The Labute approximate surface area is 119 Å². The molecule has 7 heteroatoms. The average Bonchev–Trinajstić information content (AvgIpc) is 2.42. The standard InChI is InChI=1S/C13H11ClFN3O2/c1-20-13(19)9-5-8(16)6-17-12(9)18-11-3-2-7(15)4-10(11)14/h2-6H,16H2,1H3,(H,17,18). The molecule has 2 aromatic rings. The number of anilines is 3. The van der Waals surface area contributed by atoms with Crippen LogP contribution < -0.4 is 11.1 Å². The molecule has 1 aromatic carbocycles. The van der Waals surface area contributed by atoms with E-state index in [1.54, 1.807) is 0 Å². The van der Waals surface area contributed by atoms with Crippen LogP contribution in [-0.2, 0) is 4.74 Å². The van der Waals surface area contributed by atoms with Crippen molar-refractivity contribution in [3.63, 3.8) is 0 Å². The molecule has 1 heterocycles. The molecule has 0 fully saturated rings. The number of esters is 1. The fourth-order valence-electron chi connectivity index (χ4n) is 1.56. The van der Waals surface area contributed by atoms with Crippen LogP contribution in [0.25, 0.3) is 0 Å². The zero-order chi connectivity index (χ0) is 14.7. The molecular weight excluding hydrogens is 285 g/mol. The number of carbonyl (C=O) groups excluding carboxylic acids is 1. The minimum atomic E-state index is -0.592. The van der Waals surface area contributed by atoms with E-state index in [-0.39, 0.29) is 16.4 Å². The molecule has 0 saturated carbocycles. The van der Waals surface area contributed by atoms with E-state index in [1.807, 2.05) is 0 Å². The van der Waals surface area contributed by atoms with Crippen molar-refractivity contribution in [2.24, 2.45) is 0 Å². The number of ether oxygens (including phenoxy) is 1. The maximum atomic E-state index is 13.0. The first-order valence-corrected chi connectivity index (χ1v) is 5.95. The minimum Gasteiger partial charge on any atom is -0.465 e. The Morgan fingerprint density at radius 2 is 2.20 bits per heavy atom. The Kier molecular flexibility index (Phi) is 4.05. The first kappa shape index (κ1) is 14.1. The van der Waals surface area contributed by atoms with Crippen molar-refractivity contribution in [1.82, 2.24) is 4.98 Å². The molecule has 3 N–H and O–H groups in total. The van der Waals surface area contributed by atoms with E-state index in [0.29, 0.717) is 11.4 Å². The third kappa shape index (κ3) is 2.97. The Balaban J connectivity index is 2.40. The molecule has 0 aliphatic carbocycles. The molecule has 0 aliphatic rings. The van der Waals surface area contributed by atoms with Gasteiger partial charge in [0.05, 0.1) is 29.7 Å². The zero-order valence-corrected chi connectivity index (χ0v) is 11.2. The number of carbonyl (C=O) groups is 1. The number of hydrogen-bond acceptors (Lipinski definition) is 5. The summed E-state index contributed by atoms with van der Waals surface area (Å²) >= 11 is 5.91. The van der Waals surface area contributed by atoms with Crippen LogP contribution in [0.3, 0.4) is 0 Å². The fourth-order valence-corrected chi connectivity index (χ4v) is 1.78. The van der Waals surface area contributed by atoms with Crippen LogP contribution in [0.5, 0.6) is 0 Å². The molecular formula is C13H11ClFN3O2. The van der Waals surface area contributed by atoms with Crippen molar-refractivity contribution in [3.05, 3.63) is 46.9 Å². The number of methoxy groups -OCH3 is 1. The van der Waals surface area contributed by atoms with Crippen molar-refractivity contribution in [2.75, 3.05) is 18.2 Å². The van der Waals surface area contributed by atoms with Crippen LogP contribution in [0.4, 0.5) is 21.6 Å². The number of nitrogens with two attached hydrogens (primary N) is 1. The van der Waals surface area contributed by atoms with Gasteiger partial charge in [-0.1, -0.05) is 11.6 Å². The molecule has 0 unspecified atom stereocenters. The number of nitrogen functional groups attached to an aromatic ring is 1. The Morgan fingerprint density at radius 3 is 2.85 bits per heavy atom. The zero-order valence-electron chi connectivity index (χ0n) is 10.5. The summed E-state index contributed by atoms with van der Waals surface area (Å²) in [7, 11) is 1.25. The lowest BCUT2D eigenvalue weighted by atomic mass is 10.2. The molecule has 0 amide bonds. The summed E-state index contributed by atoms with van der Waals surface area (Å²) in [5.41, 5.74) is 6.48. The van der Waals surface area contributed by atoms with E-state index < -0.39 is 11.8 Å². The van der Waals surface area contributed by atoms with Gasteiger partial charge >= 0.3 is 5.97 Å². The normalized spacial score (nSPS) is 10.2. The molecule has 104 valence electrons. The van der Waals surface area contributed by atoms with Crippen LogP contribution in [0.2, 0.25) is 5.02 Å². The first-order valence-electron chi connectivity index (χ1n) is 5.57. The van der Waals surface area contributed by atoms with E-state index in [2.05, 4.69) is 15.0 Å². The lowest BCUT2D eigenvalue weighted by Crippen LogP contribution is -2.08. The quantitative estimate of drug-likeness (QED) is 0.851. The van der Waals surface area contributed by atoms with Gasteiger partial charge in [-0.3, -0.25) is 0 Å². The third-order valence-electron chi connectivity index (χ3n) is 2.50. The highest BCUT2D eigenvalue weighted by Crippen LogP contribution is 2.27. The Bertz CT molecular complexity index is 664. The molecule has 0 aliphatic heterocycles. The Hall–Kier alpha value is -2.34. The number of rotatable bonds is 3. The number of nitrogens with one attached hydrogen (secondary N) is 1. The molecule has 0 saturated heterocycles. The number of nitrogens with zero attached hydrogens (tertiary/aromatic N) is 1. The molecule has 5 nitrogen and oxygen atoms in total. The van der Waals surface area contributed by atoms with Gasteiger partial charge in [0.15, 0.2) is 0 Å². The fraction of sp³-hybridized carbons (Fsp3) is 0.0769. The summed E-state index contributed by atoms with van der Waals surface area (Å²) in [5, 5.41) is 3.01. The van der Waals surface area contributed by atoms with Gasteiger partial charge in [-0.2, -0.15) is 0 Å². The van der Waals surface area contributed by atoms with E-state index in [1.165, 1.54) is 31.5 Å². The molecule has 0 spiro atoms. The highest BCUT2D eigenvalue weighted by molar-refractivity contribution is 6.33. The number of benzene rings is 1. The summed E-state index contributed by atoms with van der Waals surface area (Å²) in [4.78, 5) is 15.7. The third-order valence-corrected chi connectivity index (χ3v) is 2.81. The predicted octanol–water partition coefficient (Wildman–Crippen LogP) is 2.99. The SMILES string of the molecule is COC(=O)c1cc(N)cnc1Nc1ccc(F)cc1Cl. The summed E-state index contributed by atoms with van der Waals surface area (Å²) in [6.45, 7) is 0. The second-order valence-electron chi connectivity index (χ2n) is 3.91. The van der Waals surface area contributed by atoms with Crippen LogP contribution in [0.1, 0.15) is 10.4 Å². The molecule has 0 radical (unpaired) electrons. The maximum absolute atomic E-state index is 13.0. The first-order chi connectivity index (χ1) is 9.51. The molecule has 0 atom stereocenters. The van der Waals surface area contributed by atoms with Crippen molar-refractivity contribution in [3.8, 4) is 0 Å². The Morgan fingerprint density at radius 1 is 1.45 bits per heavy atom. The summed E-state index contributed by atoms with van der Waals surface area (Å²) in [6, 6.07) is 5.26. The van der Waals surface area contributed by atoms with Crippen LogP contribution in [0, 0.1) is 5.82 Å². The highest BCUT2D eigenvalue weighted by Gasteiger charge is 2.15. The molecule has 20 heavy (non-hydrogen) atoms. The highest BCUT2D eigenvalue weighted by atomic mass is 35.5. The number of halogens is 2. The lowest BCUT2D eigenvalue weighted by molar-refractivity contribution is 0.0601. The van der Waals surface area contributed by atoms with Gasteiger partial charge in [0.25, 0.3) is 0 Å².